The van der Waals surface area contributed by atoms with Crippen molar-refractivity contribution >= 4 is 27.7 Å². The second-order valence-corrected chi connectivity index (χ2v) is 4.20. The second-order valence-electron chi connectivity index (χ2n) is 3.41. The Bertz CT molecular complexity index is 325. The zero-order valence-corrected chi connectivity index (χ0v) is 11.9. The molecule has 0 radical (unpaired) electrons. The highest BCUT2D eigenvalue weighted by molar-refractivity contribution is 9.10. The van der Waals surface area contributed by atoms with Gasteiger partial charge < -0.3 is 10.2 Å². The lowest BCUT2D eigenvalue weighted by atomic mass is 10.3. The van der Waals surface area contributed by atoms with Crippen LogP contribution in [0.5, 0.6) is 0 Å². The first-order chi connectivity index (χ1) is 7.67. The molecule has 0 saturated heterocycles. The molecule has 0 bridgehead atoms. The monoisotopic (exact) mass is 286 g/mol. The molecule has 0 unspecified atom stereocenters. The van der Waals surface area contributed by atoms with E-state index in [4.69, 9.17) is 0 Å². The first-order valence-electron chi connectivity index (χ1n) is 5.66. The van der Waals surface area contributed by atoms with E-state index in [0.717, 1.165) is 41.4 Å². The predicted molar refractivity (Wildman–Crippen MR) is 72.2 cm³/mol. The molecule has 90 valence electrons. The van der Waals surface area contributed by atoms with Gasteiger partial charge in [0.15, 0.2) is 0 Å². The number of rotatable bonds is 5. The number of aromatic nitrogens is 2. The number of halogens is 1. The lowest BCUT2D eigenvalue weighted by molar-refractivity contribution is 0.809. The molecule has 0 spiro atoms. The van der Waals surface area contributed by atoms with Crippen LogP contribution in [0.25, 0.3) is 0 Å². The minimum atomic E-state index is 0.800. The van der Waals surface area contributed by atoms with Crippen molar-refractivity contribution in [3.05, 3.63) is 10.2 Å². The highest BCUT2D eigenvalue weighted by atomic mass is 79.9. The van der Waals surface area contributed by atoms with Crippen molar-refractivity contribution in [3.8, 4) is 0 Å². The van der Waals surface area contributed by atoms with Crippen LogP contribution in [0.1, 0.15) is 26.5 Å². The Morgan fingerprint density at radius 1 is 1.19 bits per heavy atom. The minimum Gasteiger partial charge on any atom is -0.372 e. The molecule has 0 fully saturated rings. The molecule has 0 aliphatic carbocycles. The normalized spacial score (nSPS) is 10.3. The average Bonchev–Trinajstić information content (AvgIpc) is 2.32. The number of nitrogens with one attached hydrogen (secondary N) is 1. The maximum atomic E-state index is 4.57. The molecule has 0 aliphatic rings. The molecule has 0 aromatic carbocycles. The molecule has 0 atom stereocenters. The third-order valence-corrected chi connectivity index (χ3v) is 3.36. The van der Waals surface area contributed by atoms with Crippen LogP contribution in [0, 0.1) is 0 Å². The van der Waals surface area contributed by atoms with Crippen LogP contribution in [-0.4, -0.2) is 30.1 Å². The van der Waals surface area contributed by atoms with Gasteiger partial charge in [-0.1, -0.05) is 6.92 Å². The molecule has 1 aromatic rings. The molecule has 0 aliphatic heterocycles. The summed E-state index contributed by atoms with van der Waals surface area (Å²) in [6, 6.07) is 0. The van der Waals surface area contributed by atoms with Crippen LogP contribution < -0.4 is 10.2 Å². The van der Waals surface area contributed by atoms with Gasteiger partial charge in [-0.2, -0.15) is 4.98 Å². The van der Waals surface area contributed by atoms with E-state index in [9.17, 15) is 0 Å². The fourth-order valence-electron chi connectivity index (χ4n) is 1.53. The number of nitrogens with zero attached hydrogens (tertiary/aromatic N) is 3. The number of hydrogen-bond acceptors (Lipinski definition) is 4. The number of anilines is 2. The van der Waals surface area contributed by atoms with Gasteiger partial charge in [0.2, 0.25) is 5.95 Å². The maximum Gasteiger partial charge on any atom is 0.227 e. The van der Waals surface area contributed by atoms with Gasteiger partial charge in [-0.15, -0.1) is 0 Å². The van der Waals surface area contributed by atoms with E-state index < -0.39 is 0 Å². The summed E-state index contributed by atoms with van der Waals surface area (Å²) in [4.78, 5) is 11.2. The van der Waals surface area contributed by atoms with Crippen LogP contribution in [0.4, 0.5) is 11.8 Å². The number of hydrogen-bond donors (Lipinski definition) is 1. The van der Waals surface area contributed by atoms with Crippen molar-refractivity contribution in [1.29, 1.82) is 0 Å². The van der Waals surface area contributed by atoms with Gasteiger partial charge in [-0.3, -0.25) is 0 Å². The summed E-state index contributed by atoms with van der Waals surface area (Å²) in [5.41, 5.74) is 1.04. The largest absolute Gasteiger partial charge is 0.372 e. The van der Waals surface area contributed by atoms with Crippen molar-refractivity contribution in [1.82, 2.24) is 9.97 Å². The Labute approximate surface area is 106 Å². The van der Waals surface area contributed by atoms with Gasteiger partial charge in [0.05, 0.1) is 10.2 Å². The third-order valence-electron chi connectivity index (χ3n) is 2.53. The van der Waals surface area contributed by atoms with E-state index in [1.165, 1.54) is 0 Å². The van der Waals surface area contributed by atoms with Crippen LogP contribution in [0.15, 0.2) is 4.47 Å². The third kappa shape index (κ3) is 2.64. The molecule has 16 heavy (non-hydrogen) atoms. The van der Waals surface area contributed by atoms with E-state index in [-0.39, 0.29) is 0 Å². The van der Waals surface area contributed by atoms with Gasteiger partial charge in [-0.25, -0.2) is 4.98 Å². The van der Waals surface area contributed by atoms with Gasteiger partial charge in [-0.05, 0) is 36.2 Å². The van der Waals surface area contributed by atoms with E-state index >= 15 is 0 Å². The number of aryl methyl sites for hydroxylation is 1. The quantitative estimate of drug-likeness (QED) is 0.904. The summed E-state index contributed by atoms with van der Waals surface area (Å²) >= 11 is 3.52. The zero-order valence-electron chi connectivity index (χ0n) is 10.3. The van der Waals surface area contributed by atoms with Crippen LogP contribution in [0.2, 0.25) is 0 Å². The van der Waals surface area contributed by atoms with Crippen molar-refractivity contribution < 1.29 is 0 Å². The Kier molecular flexibility index (Phi) is 4.99. The van der Waals surface area contributed by atoms with Gasteiger partial charge in [0, 0.05) is 20.1 Å². The summed E-state index contributed by atoms with van der Waals surface area (Å²) in [5.74, 6) is 1.66. The molecule has 1 aromatic heterocycles. The average molecular weight is 287 g/mol. The second kappa shape index (κ2) is 6.03. The molecule has 4 nitrogen and oxygen atoms in total. The Hall–Kier alpha value is -0.840. The summed E-state index contributed by atoms with van der Waals surface area (Å²) < 4.78 is 0.966. The van der Waals surface area contributed by atoms with E-state index in [0.29, 0.717) is 0 Å². The zero-order chi connectivity index (χ0) is 12.1. The SMILES string of the molecule is CCc1nc(N(CC)CC)nc(NC)c1Br. The molecular formula is C11H19BrN4. The smallest absolute Gasteiger partial charge is 0.227 e. The summed E-state index contributed by atoms with van der Waals surface area (Å²) in [5, 5.41) is 3.09. The fourth-order valence-corrected chi connectivity index (χ4v) is 2.18. The molecule has 0 saturated carbocycles. The van der Waals surface area contributed by atoms with Crippen LogP contribution >= 0.6 is 15.9 Å². The topological polar surface area (TPSA) is 41.1 Å². The van der Waals surface area contributed by atoms with Crippen molar-refractivity contribution in [2.24, 2.45) is 0 Å². The lowest BCUT2D eigenvalue weighted by Crippen LogP contribution is -2.25. The first-order valence-corrected chi connectivity index (χ1v) is 6.46. The van der Waals surface area contributed by atoms with Crippen LogP contribution in [0.3, 0.4) is 0 Å². The summed E-state index contributed by atoms with van der Waals surface area (Å²) in [6.45, 7) is 8.16. The molecule has 1 N–H and O–H groups in total. The first kappa shape index (κ1) is 13.2. The van der Waals surface area contributed by atoms with E-state index in [1.807, 2.05) is 7.05 Å². The lowest BCUT2D eigenvalue weighted by Gasteiger charge is -2.20. The summed E-state index contributed by atoms with van der Waals surface area (Å²) in [6.07, 6.45) is 0.895. The van der Waals surface area contributed by atoms with E-state index in [2.05, 4.69) is 56.9 Å². The minimum absolute atomic E-state index is 0.800. The predicted octanol–water partition coefficient (Wildman–Crippen LogP) is 2.69. The summed E-state index contributed by atoms with van der Waals surface area (Å²) in [7, 11) is 1.87. The molecular weight excluding hydrogens is 268 g/mol. The highest BCUT2D eigenvalue weighted by Crippen LogP contribution is 2.26. The van der Waals surface area contributed by atoms with Gasteiger partial charge in [0.25, 0.3) is 0 Å². The van der Waals surface area contributed by atoms with Gasteiger partial charge in [0.1, 0.15) is 5.82 Å². The highest BCUT2D eigenvalue weighted by Gasteiger charge is 2.13. The van der Waals surface area contributed by atoms with Crippen molar-refractivity contribution in [2.75, 3.05) is 30.4 Å². The molecule has 1 rings (SSSR count). The molecule has 5 heteroatoms. The molecule has 1 heterocycles. The van der Waals surface area contributed by atoms with Crippen molar-refractivity contribution in [3.63, 3.8) is 0 Å². The van der Waals surface area contributed by atoms with Gasteiger partial charge >= 0.3 is 0 Å². The molecule has 0 amide bonds. The Morgan fingerprint density at radius 2 is 1.81 bits per heavy atom. The van der Waals surface area contributed by atoms with Crippen molar-refractivity contribution in [2.45, 2.75) is 27.2 Å². The van der Waals surface area contributed by atoms with E-state index in [1.54, 1.807) is 0 Å². The maximum absolute atomic E-state index is 4.57. The fraction of sp³-hybridized carbons (Fsp3) is 0.636. The standard InChI is InChI=1S/C11H19BrN4/c1-5-8-9(12)10(13-4)15-11(14-8)16(6-2)7-3/h5-7H2,1-4H3,(H,13,14,15). The Balaban J connectivity index is 3.20. The van der Waals surface area contributed by atoms with Crippen LogP contribution in [-0.2, 0) is 6.42 Å². The Morgan fingerprint density at radius 3 is 2.25 bits per heavy atom.